The van der Waals surface area contributed by atoms with E-state index in [4.69, 9.17) is 0 Å². The maximum absolute atomic E-state index is 14.0. The van der Waals surface area contributed by atoms with Gasteiger partial charge in [0.2, 0.25) is 11.8 Å². The lowest BCUT2D eigenvalue weighted by Crippen LogP contribution is -2.55. The molecule has 1 saturated heterocycles. The Morgan fingerprint density at radius 1 is 1.12 bits per heavy atom. The summed E-state index contributed by atoms with van der Waals surface area (Å²) in [4.78, 5) is 49.4. The lowest BCUT2D eigenvalue weighted by Gasteiger charge is -2.35. The van der Waals surface area contributed by atoms with Crippen molar-refractivity contribution in [2.45, 2.75) is 78.7 Å². The van der Waals surface area contributed by atoms with E-state index < -0.39 is 18.2 Å². The number of amides is 3. The molecule has 8 nitrogen and oxygen atoms in total. The third-order valence-corrected chi connectivity index (χ3v) is 9.15. The van der Waals surface area contributed by atoms with E-state index in [-0.39, 0.29) is 36.6 Å². The van der Waals surface area contributed by atoms with Crippen LogP contribution in [0, 0.1) is 18.8 Å². The Hall–Kier alpha value is -3.56. The maximum atomic E-state index is 14.0. The van der Waals surface area contributed by atoms with Gasteiger partial charge in [0.25, 0.3) is 5.91 Å². The van der Waals surface area contributed by atoms with Crippen molar-refractivity contribution in [3.8, 4) is 10.4 Å². The van der Waals surface area contributed by atoms with Gasteiger partial charge in [0.05, 0.1) is 22.2 Å². The summed E-state index contributed by atoms with van der Waals surface area (Å²) in [5.74, 6) is -0.479. The van der Waals surface area contributed by atoms with Crippen LogP contribution >= 0.6 is 11.3 Å². The third kappa shape index (κ3) is 5.99. The molecule has 3 atom stereocenters. The fraction of sp³-hybridized carbons (Fsp3) is 0.455. The fourth-order valence-corrected chi connectivity index (χ4v) is 7.08. The number of likely N-dealkylation sites (tertiary alicyclic amines) is 1. The zero-order valence-electron chi connectivity index (χ0n) is 25.0. The Morgan fingerprint density at radius 3 is 2.55 bits per heavy atom. The number of fused-ring (bicyclic) bond motifs is 1. The summed E-state index contributed by atoms with van der Waals surface area (Å²) in [6.07, 6.45) is 0.267. The van der Waals surface area contributed by atoms with Gasteiger partial charge >= 0.3 is 0 Å². The Labute approximate surface area is 251 Å². The van der Waals surface area contributed by atoms with Gasteiger partial charge in [-0.25, -0.2) is 4.98 Å². The fourth-order valence-electron chi connectivity index (χ4n) is 6.21. The summed E-state index contributed by atoms with van der Waals surface area (Å²) in [5.41, 5.74) is 7.74. The molecular formula is C33H40N4O4S. The lowest BCUT2D eigenvalue weighted by atomic mass is 9.94. The number of carbonyl (C=O) groups is 3. The van der Waals surface area contributed by atoms with Gasteiger partial charge in [0, 0.05) is 31.6 Å². The van der Waals surface area contributed by atoms with E-state index >= 15 is 0 Å². The van der Waals surface area contributed by atoms with Gasteiger partial charge in [-0.05, 0) is 53.5 Å². The molecule has 3 heterocycles. The monoisotopic (exact) mass is 588 g/mol. The lowest BCUT2D eigenvalue weighted by molar-refractivity contribution is -0.143. The molecule has 2 aliphatic heterocycles. The number of benzene rings is 2. The SMILES string of the molecule is Cc1ncsc1-c1ccc(CNC(=O)C2CC(O)CN2C(=O)C(C(C)C)N2Cc3ccccc3C2=O)cc1CC(C)C. The highest BCUT2D eigenvalue weighted by molar-refractivity contribution is 7.13. The highest BCUT2D eigenvalue weighted by Crippen LogP contribution is 2.33. The summed E-state index contributed by atoms with van der Waals surface area (Å²) in [6, 6.07) is 12.1. The molecule has 1 fully saturated rings. The summed E-state index contributed by atoms with van der Waals surface area (Å²) in [5, 5.41) is 13.6. The first kappa shape index (κ1) is 29.9. The molecule has 42 heavy (non-hydrogen) atoms. The molecule has 222 valence electrons. The van der Waals surface area contributed by atoms with Crippen LogP contribution in [0.3, 0.4) is 0 Å². The molecule has 0 bridgehead atoms. The number of aromatic nitrogens is 1. The predicted molar refractivity (Wildman–Crippen MR) is 164 cm³/mol. The molecule has 3 unspecified atom stereocenters. The highest BCUT2D eigenvalue weighted by atomic mass is 32.1. The van der Waals surface area contributed by atoms with Gasteiger partial charge in [-0.1, -0.05) is 64.1 Å². The van der Waals surface area contributed by atoms with Gasteiger partial charge in [-0.2, -0.15) is 0 Å². The van der Waals surface area contributed by atoms with Gasteiger partial charge in [-0.15, -0.1) is 11.3 Å². The van der Waals surface area contributed by atoms with Crippen molar-refractivity contribution in [3.63, 3.8) is 0 Å². The normalized spacial score (nSPS) is 19.1. The van der Waals surface area contributed by atoms with E-state index in [1.54, 1.807) is 22.3 Å². The first-order chi connectivity index (χ1) is 20.0. The molecule has 2 aromatic carbocycles. The zero-order chi connectivity index (χ0) is 30.1. The van der Waals surface area contributed by atoms with Gasteiger partial charge in [-0.3, -0.25) is 14.4 Å². The summed E-state index contributed by atoms with van der Waals surface area (Å²) >= 11 is 1.63. The highest BCUT2D eigenvalue weighted by Gasteiger charge is 2.45. The number of aliphatic hydroxyl groups is 1. The third-order valence-electron chi connectivity index (χ3n) is 8.19. The van der Waals surface area contributed by atoms with E-state index in [9.17, 15) is 19.5 Å². The number of β-amino-alcohol motifs (C(OH)–C–C–N with tert-alkyl or cyclic N) is 1. The first-order valence-electron chi connectivity index (χ1n) is 14.7. The minimum absolute atomic E-state index is 0.0660. The first-order valence-corrected chi connectivity index (χ1v) is 15.6. The minimum Gasteiger partial charge on any atom is -0.391 e. The van der Waals surface area contributed by atoms with Crippen LogP contribution in [-0.2, 0) is 29.1 Å². The maximum Gasteiger partial charge on any atom is 0.255 e. The van der Waals surface area contributed by atoms with Crippen LogP contribution in [-0.4, -0.2) is 62.3 Å². The second-order valence-corrected chi connectivity index (χ2v) is 13.1. The van der Waals surface area contributed by atoms with Crippen LogP contribution in [0.4, 0.5) is 0 Å². The Balaban J connectivity index is 1.31. The molecule has 0 radical (unpaired) electrons. The van der Waals surface area contributed by atoms with Gasteiger partial charge < -0.3 is 20.2 Å². The smallest absolute Gasteiger partial charge is 0.255 e. The van der Waals surface area contributed by atoms with Crippen LogP contribution in [0.15, 0.2) is 48.0 Å². The number of nitrogens with one attached hydrogen (secondary N) is 1. The van der Waals surface area contributed by atoms with Gasteiger partial charge in [0.1, 0.15) is 12.1 Å². The van der Waals surface area contributed by atoms with E-state index in [1.165, 1.54) is 16.0 Å². The number of thiazole rings is 1. The van der Waals surface area contributed by atoms with Crippen molar-refractivity contribution in [1.82, 2.24) is 20.1 Å². The second kappa shape index (κ2) is 12.4. The topological polar surface area (TPSA) is 103 Å². The number of rotatable bonds is 9. The molecule has 9 heteroatoms. The number of hydrogen-bond acceptors (Lipinski definition) is 6. The van der Waals surface area contributed by atoms with Crippen molar-refractivity contribution in [3.05, 3.63) is 75.9 Å². The Bertz CT molecular complexity index is 1480. The van der Waals surface area contributed by atoms with E-state index in [1.807, 2.05) is 50.5 Å². The Morgan fingerprint density at radius 2 is 1.88 bits per heavy atom. The molecule has 5 rings (SSSR count). The number of aliphatic hydroxyl groups excluding tert-OH is 1. The van der Waals surface area contributed by atoms with Crippen molar-refractivity contribution < 1.29 is 19.5 Å². The van der Waals surface area contributed by atoms with Crippen LogP contribution in [0.25, 0.3) is 10.4 Å². The number of nitrogens with zero attached hydrogens (tertiary/aromatic N) is 3. The minimum atomic E-state index is -0.803. The number of hydrogen-bond donors (Lipinski definition) is 2. The predicted octanol–water partition coefficient (Wildman–Crippen LogP) is 4.58. The van der Waals surface area contributed by atoms with Crippen molar-refractivity contribution >= 4 is 29.1 Å². The van der Waals surface area contributed by atoms with Crippen molar-refractivity contribution in [2.24, 2.45) is 11.8 Å². The van der Waals surface area contributed by atoms with Crippen LogP contribution in [0.5, 0.6) is 0 Å². The van der Waals surface area contributed by atoms with E-state index in [2.05, 4.69) is 36.3 Å². The molecule has 1 aromatic heterocycles. The average Bonchev–Trinajstić information content (AvgIpc) is 3.64. The standard InChI is InChI=1S/C33H40N4O4S/c1-19(2)12-24-13-22(10-11-26(24)30-21(5)35-18-42-30)15-34-31(39)28-14-25(38)17-36(28)33(41)29(20(3)4)37-16-23-8-6-7-9-27(23)32(37)40/h6-11,13,18-20,25,28-29,38H,12,14-17H2,1-5H3,(H,34,39). The van der Waals surface area contributed by atoms with E-state index in [0.717, 1.165) is 28.1 Å². The molecule has 3 aromatic rings. The molecule has 3 amide bonds. The molecule has 2 aliphatic rings. The molecule has 0 spiro atoms. The van der Waals surface area contributed by atoms with Crippen molar-refractivity contribution in [1.29, 1.82) is 0 Å². The molecule has 0 saturated carbocycles. The second-order valence-electron chi connectivity index (χ2n) is 12.2. The quantitative estimate of drug-likeness (QED) is 0.381. The molecule has 2 N–H and O–H groups in total. The van der Waals surface area contributed by atoms with E-state index in [0.29, 0.717) is 24.6 Å². The largest absolute Gasteiger partial charge is 0.391 e. The van der Waals surface area contributed by atoms with Crippen LogP contribution in [0.1, 0.15) is 66.9 Å². The summed E-state index contributed by atoms with van der Waals surface area (Å²) in [6.45, 7) is 10.9. The summed E-state index contributed by atoms with van der Waals surface area (Å²) in [7, 11) is 0. The number of carbonyl (C=O) groups excluding carboxylic acids is 3. The summed E-state index contributed by atoms with van der Waals surface area (Å²) < 4.78 is 0. The molecule has 0 aliphatic carbocycles. The average molecular weight is 589 g/mol. The van der Waals surface area contributed by atoms with Crippen LogP contribution < -0.4 is 5.32 Å². The molecular weight excluding hydrogens is 548 g/mol. The van der Waals surface area contributed by atoms with Gasteiger partial charge in [0.15, 0.2) is 0 Å². The Kier molecular flexibility index (Phi) is 8.80. The van der Waals surface area contributed by atoms with Crippen LogP contribution in [0.2, 0.25) is 0 Å². The van der Waals surface area contributed by atoms with Crippen molar-refractivity contribution in [2.75, 3.05) is 6.54 Å². The zero-order valence-corrected chi connectivity index (χ0v) is 25.8. The number of aryl methyl sites for hydroxylation is 1.